The molecule has 0 aliphatic rings. The summed E-state index contributed by atoms with van der Waals surface area (Å²) in [5.74, 6) is -2.46. The molecule has 0 bridgehead atoms. The fraction of sp³-hybridized carbons (Fsp3) is 0.154. The zero-order chi connectivity index (χ0) is 24.8. The minimum atomic E-state index is -1.23. The van der Waals surface area contributed by atoms with Crippen LogP contribution in [0.25, 0.3) is 22.8 Å². The molecule has 4 rings (SSSR count). The SMILES string of the molecule is Cc1ccnc(-c2nccc(C)c2C(=O)[O-])c1.Cc1ccnc(-c2nccc(C)c2C(=O)[O-])c1.[Ru+2]. The van der Waals surface area contributed by atoms with Gasteiger partial charge in [-0.1, -0.05) is 0 Å². The fourth-order valence-corrected chi connectivity index (χ4v) is 3.35. The van der Waals surface area contributed by atoms with Crippen molar-refractivity contribution in [1.29, 1.82) is 0 Å². The predicted molar refractivity (Wildman–Crippen MR) is 123 cm³/mol. The van der Waals surface area contributed by atoms with Crippen molar-refractivity contribution < 1.29 is 39.3 Å². The summed E-state index contributed by atoms with van der Waals surface area (Å²) >= 11 is 0. The number of aromatic nitrogens is 4. The van der Waals surface area contributed by atoms with Gasteiger partial charge in [-0.05, 0) is 86.3 Å². The van der Waals surface area contributed by atoms with Crippen molar-refractivity contribution in [1.82, 2.24) is 19.9 Å². The van der Waals surface area contributed by atoms with Gasteiger partial charge in [0.05, 0.1) is 34.7 Å². The molecule has 0 saturated carbocycles. The molecule has 0 fully saturated rings. The van der Waals surface area contributed by atoms with Crippen molar-refractivity contribution in [3.8, 4) is 22.8 Å². The van der Waals surface area contributed by atoms with Crippen LogP contribution in [0.2, 0.25) is 0 Å². The van der Waals surface area contributed by atoms with Crippen LogP contribution in [0.5, 0.6) is 0 Å². The molecule has 0 unspecified atom stereocenters. The zero-order valence-electron chi connectivity index (χ0n) is 19.5. The first-order valence-electron chi connectivity index (χ1n) is 10.4. The Kier molecular flexibility index (Phi) is 9.43. The van der Waals surface area contributed by atoms with E-state index in [-0.39, 0.29) is 30.6 Å². The van der Waals surface area contributed by atoms with Crippen LogP contribution in [0.3, 0.4) is 0 Å². The Morgan fingerprint density at radius 1 is 0.600 bits per heavy atom. The Bertz CT molecular complexity index is 1270. The first-order chi connectivity index (χ1) is 16.2. The molecule has 4 aromatic heterocycles. The maximum absolute atomic E-state index is 11.1. The zero-order valence-corrected chi connectivity index (χ0v) is 21.3. The average molecular weight is 556 g/mol. The molecular weight excluding hydrogens is 533 g/mol. The monoisotopic (exact) mass is 556 g/mol. The largest absolute Gasteiger partial charge is 2.00 e. The summed E-state index contributed by atoms with van der Waals surface area (Å²) in [4.78, 5) is 38.7. The fourth-order valence-electron chi connectivity index (χ4n) is 3.35. The molecule has 4 heterocycles. The van der Waals surface area contributed by atoms with E-state index in [0.29, 0.717) is 33.9 Å². The van der Waals surface area contributed by atoms with Crippen molar-refractivity contribution >= 4 is 11.9 Å². The van der Waals surface area contributed by atoms with Crippen LogP contribution in [0.15, 0.2) is 61.2 Å². The second-order valence-electron chi connectivity index (χ2n) is 7.71. The number of carboxylic acids is 2. The molecule has 0 atom stereocenters. The van der Waals surface area contributed by atoms with Gasteiger partial charge >= 0.3 is 19.5 Å². The van der Waals surface area contributed by atoms with E-state index in [0.717, 1.165) is 11.1 Å². The molecule has 0 spiro atoms. The maximum atomic E-state index is 11.1. The smallest absolute Gasteiger partial charge is 0.545 e. The van der Waals surface area contributed by atoms with Crippen LogP contribution in [-0.4, -0.2) is 31.9 Å². The van der Waals surface area contributed by atoms with Crippen molar-refractivity contribution in [3.05, 3.63) is 94.6 Å². The first-order valence-corrected chi connectivity index (χ1v) is 10.4. The molecule has 0 N–H and O–H groups in total. The van der Waals surface area contributed by atoms with Gasteiger partial charge in [-0.25, -0.2) is 0 Å². The Labute approximate surface area is 215 Å². The van der Waals surface area contributed by atoms with E-state index in [1.54, 1.807) is 62.9 Å². The molecule has 4 aromatic rings. The molecule has 0 aliphatic heterocycles. The van der Waals surface area contributed by atoms with Crippen LogP contribution in [0.4, 0.5) is 0 Å². The number of carbonyl (C=O) groups is 2. The van der Waals surface area contributed by atoms with Gasteiger partial charge in [-0.2, -0.15) is 0 Å². The third-order valence-electron chi connectivity index (χ3n) is 5.04. The second kappa shape index (κ2) is 12.0. The molecule has 0 radical (unpaired) electrons. The van der Waals surface area contributed by atoms with Crippen molar-refractivity contribution in [2.45, 2.75) is 27.7 Å². The molecule has 8 nitrogen and oxygen atoms in total. The van der Waals surface area contributed by atoms with Gasteiger partial charge in [0.1, 0.15) is 0 Å². The molecule has 0 saturated heterocycles. The Balaban J connectivity index is 0.000000240. The number of hydrogen-bond acceptors (Lipinski definition) is 8. The number of rotatable bonds is 4. The first kappa shape index (κ1) is 27.4. The Morgan fingerprint density at radius 2 is 0.943 bits per heavy atom. The number of carboxylic acid groups (broad SMARTS) is 2. The number of carbonyl (C=O) groups excluding carboxylic acids is 2. The van der Waals surface area contributed by atoms with E-state index < -0.39 is 11.9 Å². The van der Waals surface area contributed by atoms with Gasteiger partial charge in [-0.3, -0.25) is 19.9 Å². The van der Waals surface area contributed by atoms with Gasteiger partial charge in [0, 0.05) is 35.9 Å². The Morgan fingerprint density at radius 3 is 1.26 bits per heavy atom. The third kappa shape index (κ3) is 6.61. The molecule has 0 aliphatic carbocycles. The van der Waals surface area contributed by atoms with E-state index in [2.05, 4.69) is 19.9 Å². The number of hydrogen-bond donors (Lipinski definition) is 0. The number of aryl methyl sites for hydroxylation is 4. The van der Waals surface area contributed by atoms with Gasteiger partial charge in [0.15, 0.2) is 0 Å². The molecular formula is C26H22N4O4Ru. The van der Waals surface area contributed by atoms with Crippen LogP contribution in [0, 0.1) is 27.7 Å². The number of aromatic carboxylic acids is 2. The summed E-state index contributed by atoms with van der Waals surface area (Å²) in [7, 11) is 0. The molecule has 35 heavy (non-hydrogen) atoms. The number of nitrogens with zero attached hydrogens (tertiary/aromatic N) is 4. The van der Waals surface area contributed by atoms with E-state index in [4.69, 9.17) is 0 Å². The van der Waals surface area contributed by atoms with E-state index >= 15 is 0 Å². The van der Waals surface area contributed by atoms with Gasteiger partial charge in [-0.15, -0.1) is 0 Å². The van der Waals surface area contributed by atoms with E-state index in [1.165, 1.54) is 0 Å². The van der Waals surface area contributed by atoms with E-state index in [9.17, 15) is 19.8 Å². The minimum Gasteiger partial charge on any atom is -0.545 e. The van der Waals surface area contributed by atoms with E-state index in [1.807, 2.05) is 26.0 Å². The quantitative estimate of drug-likeness (QED) is 0.351. The van der Waals surface area contributed by atoms with Crippen LogP contribution in [-0.2, 0) is 19.5 Å². The summed E-state index contributed by atoms with van der Waals surface area (Å²) in [6.07, 6.45) is 6.41. The summed E-state index contributed by atoms with van der Waals surface area (Å²) in [6, 6.07) is 10.6. The summed E-state index contributed by atoms with van der Waals surface area (Å²) in [5.41, 5.74) is 5.27. The summed E-state index contributed by atoms with van der Waals surface area (Å²) in [6.45, 7) is 7.26. The normalized spacial score (nSPS) is 9.94. The van der Waals surface area contributed by atoms with Crippen LogP contribution in [0.1, 0.15) is 43.0 Å². The molecule has 9 heteroatoms. The third-order valence-corrected chi connectivity index (χ3v) is 5.04. The van der Waals surface area contributed by atoms with Crippen molar-refractivity contribution in [2.24, 2.45) is 0 Å². The van der Waals surface area contributed by atoms with Gasteiger partial charge in [0.2, 0.25) is 0 Å². The van der Waals surface area contributed by atoms with Gasteiger partial charge in [0.25, 0.3) is 0 Å². The predicted octanol–water partition coefficient (Wildman–Crippen LogP) is 2.25. The summed E-state index contributed by atoms with van der Waals surface area (Å²) < 4.78 is 0. The van der Waals surface area contributed by atoms with Crippen molar-refractivity contribution in [2.75, 3.05) is 0 Å². The van der Waals surface area contributed by atoms with Crippen molar-refractivity contribution in [3.63, 3.8) is 0 Å². The average Bonchev–Trinajstić information content (AvgIpc) is 2.78. The second-order valence-corrected chi connectivity index (χ2v) is 7.71. The molecule has 0 aromatic carbocycles. The van der Waals surface area contributed by atoms with Gasteiger partial charge < -0.3 is 19.8 Å². The maximum Gasteiger partial charge on any atom is 2.00 e. The number of pyridine rings is 4. The topological polar surface area (TPSA) is 132 Å². The molecule has 178 valence electrons. The summed E-state index contributed by atoms with van der Waals surface area (Å²) in [5, 5.41) is 22.2. The van der Waals surface area contributed by atoms with Crippen LogP contribution >= 0.6 is 0 Å². The molecule has 0 amide bonds. The Hall–Kier alpha value is -3.84. The standard InChI is InChI=1S/2C13H12N2O2.Ru/c2*1-8-3-5-14-10(7-8)12-11(13(16)17)9(2)4-6-15-12;/h2*3-7H,1-2H3,(H,16,17);/q;;+2/p-2. The minimum absolute atomic E-state index is 0. The van der Waals surface area contributed by atoms with Crippen LogP contribution < -0.4 is 10.2 Å².